The van der Waals surface area contributed by atoms with Crippen LogP contribution in [-0.2, 0) is 4.79 Å². The summed E-state index contributed by atoms with van der Waals surface area (Å²) >= 11 is 0. The molecule has 1 rings (SSSR count). The Morgan fingerprint density at radius 2 is 1.95 bits per heavy atom. The predicted molar refractivity (Wildman–Crippen MR) is 78.0 cm³/mol. The summed E-state index contributed by atoms with van der Waals surface area (Å²) in [6.07, 6.45) is 2.11. The first kappa shape index (κ1) is 16.4. The highest BCUT2D eigenvalue weighted by molar-refractivity contribution is 5.78. The van der Waals surface area contributed by atoms with Crippen LogP contribution in [0.4, 0.5) is 0 Å². The minimum absolute atomic E-state index is 0.00571. The van der Waals surface area contributed by atoms with Crippen LogP contribution < -0.4 is 5.32 Å². The standard InChI is InChI=1S/C15H30N2O2/c1-14(2,3)11-15(4,5)16-9-12(18)10-17-8-6-7-13(17)19/h12,16,18H,6-11H2,1-5H3. The van der Waals surface area contributed by atoms with Crippen LogP contribution >= 0.6 is 0 Å². The monoisotopic (exact) mass is 270 g/mol. The van der Waals surface area contributed by atoms with Crippen LogP contribution in [0.3, 0.4) is 0 Å². The third-order valence-electron chi connectivity index (χ3n) is 3.39. The van der Waals surface area contributed by atoms with Gasteiger partial charge < -0.3 is 15.3 Å². The van der Waals surface area contributed by atoms with Crippen molar-refractivity contribution in [3.8, 4) is 0 Å². The van der Waals surface area contributed by atoms with E-state index < -0.39 is 6.10 Å². The van der Waals surface area contributed by atoms with Crippen LogP contribution in [0.2, 0.25) is 0 Å². The van der Waals surface area contributed by atoms with Gasteiger partial charge in [-0.3, -0.25) is 4.79 Å². The van der Waals surface area contributed by atoms with Gasteiger partial charge in [0, 0.05) is 31.6 Å². The fourth-order valence-corrected chi connectivity index (χ4v) is 3.00. The molecule has 0 aromatic carbocycles. The molecule has 0 radical (unpaired) electrons. The zero-order valence-corrected chi connectivity index (χ0v) is 13.1. The van der Waals surface area contributed by atoms with Gasteiger partial charge in [-0.1, -0.05) is 20.8 Å². The first-order valence-electron chi connectivity index (χ1n) is 7.30. The van der Waals surface area contributed by atoms with Gasteiger partial charge in [-0.2, -0.15) is 0 Å². The van der Waals surface area contributed by atoms with Gasteiger partial charge in [0.25, 0.3) is 0 Å². The highest BCUT2D eigenvalue weighted by Gasteiger charge is 2.27. The van der Waals surface area contributed by atoms with Crippen molar-refractivity contribution >= 4 is 5.91 Å². The largest absolute Gasteiger partial charge is 0.390 e. The number of nitrogens with one attached hydrogen (secondary N) is 1. The molecule has 2 N–H and O–H groups in total. The van der Waals surface area contributed by atoms with E-state index in [1.165, 1.54) is 0 Å². The molecule has 1 aliphatic rings. The Morgan fingerprint density at radius 3 is 2.42 bits per heavy atom. The van der Waals surface area contributed by atoms with Gasteiger partial charge in [-0.15, -0.1) is 0 Å². The average molecular weight is 270 g/mol. The topological polar surface area (TPSA) is 52.6 Å². The normalized spacial score (nSPS) is 19.1. The Kier molecular flexibility index (Phi) is 5.39. The summed E-state index contributed by atoms with van der Waals surface area (Å²) in [4.78, 5) is 13.3. The quantitative estimate of drug-likeness (QED) is 0.773. The van der Waals surface area contributed by atoms with Crippen molar-refractivity contribution in [3.63, 3.8) is 0 Å². The average Bonchev–Trinajstić information content (AvgIpc) is 2.58. The lowest BCUT2D eigenvalue weighted by Gasteiger charge is -2.34. The van der Waals surface area contributed by atoms with E-state index in [0.717, 1.165) is 19.4 Å². The summed E-state index contributed by atoms with van der Waals surface area (Å²) in [5.74, 6) is 0.174. The van der Waals surface area contributed by atoms with Crippen LogP contribution in [0.15, 0.2) is 0 Å². The van der Waals surface area contributed by atoms with Gasteiger partial charge in [-0.05, 0) is 32.1 Å². The summed E-state index contributed by atoms with van der Waals surface area (Å²) in [6, 6.07) is 0. The van der Waals surface area contributed by atoms with Crippen molar-refractivity contribution < 1.29 is 9.90 Å². The Hall–Kier alpha value is -0.610. The lowest BCUT2D eigenvalue weighted by molar-refractivity contribution is -0.128. The molecule has 0 bridgehead atoms. The predicted octanol–water partition coefficient (Wildman–Crippen LogP) is 1.77. The summed E-state index contributed by atoms with van der Waals surface area (Å²) in [7, 11) is 0. The minimum atomic E-state index is -0.485. The number of aliphatic hydroxyl groups excluding tert-OH is 1. The Morgan fingerprint density at radius 1 is 1.32 bits per heavy atom. The molecular formula is C15H30N2O2. The minimum Gasteiger partial charge on any atom is -0.390 e. The van der Waals surface area contributed by atoms with Crippen molar-refractivity contribution in [2.24, 2.45) is 5.41 Å². The molecule has 1 fully saturated rings. The van der Waals surface area contributed by atoms with Crippen molar-refractivity contribution in [2.75, 3.05) is 19.6 Å². The van der Waals surface area contributed by atoms with E-state index in [2.05, 4.69) is 39.9 Å². The molecule has 0 aliphatic carbocycles. The first-order chi connectivity index (χ1) is 8.59. The molecule has 1 saturated heterocycles. The second kappa shape index (κ2) is 6.23. The molecule has 4 heteroatoms. The van der Waals surface area contributed by atoms with E-state index >= 15 is 0 Å². The SMILES string of the molecule is CC(C)(C)CC(C)(C)NCC(O)CN1CCCC1=O. The summed E-state index contributed by atoms with van der Waals surface area (Å²) < 4.78 is 0. The number of carbonyl (C=O) groups excluding carboxylic acids is 1. The van der Waals surface area contributed by atoms with Gasteiger partial charge in [0.2, 0.25) is 5.91 Å². The first-order valence-corrected chi connectivity index (χ1v) is 7.30. The molecule has 1 aliphatic heterocycles. The molecule has 0 aromatic heterocycles. The van der Waals surface area contributed by atoms with Gasteiger partial charge in [0.05, 0.1) is 6.10 Å². The second-order valence-electron chi connectivity index (χ2n) is 7.60. The molecule has 0 saturated carbocycles. The van der Waals surface area contributed by atoms with Crippen LogP contribution in [0.5, 0.6) is 0 Å². The van der Waals surface area contributed by atoms with Crippen LogP contribution in [-0.4, -0.2) is 47.2 Å². The number of likely N-dealkylation sites (tertiary alicyclic amines) is 1. The molecule has 1 atom stereocenters. The van der Waals surface area contributed by atoms with Gasteiger partial charge in [0.1, 0.15) is 0 Å². The third kappa shape index (κ3) is 6.39. The van der Waals surface area contributed by atoms with Crippen LogP contribution in [0, 0.1) is 5.41 Å². The number of hydrogen-bond acceptors (Lipinski definition) is 3. The number of β-amino-alcohol motifs (C(OH)–C–C–N with tert-alkyl or cyclic N) is 1. The highest BCUT2D eigenvalue weighted by Crippen LogP contribution is 2.26. The fraction of sp³-hybridized carbons (Fsp3) is 0.933. The zero-order chi connectivity index (χ0) is 14.7. The van der Waals surface area contributed by atoms with Gasteiger partial charge in [0.15, 0.2) is 0 Å². The van der Waals surface area contributed by atoms with E-state index in [0.29, 0.717) is 19.5 Å². The van der Waals surface area contributed by atoms with Crippen molar-refractivity contribution in [1.29, 1.82) is 0 Å². The number of carbonyl (C=O) groups is 1. The molecule has 4 nitrogen and oxygen atoms in total. The number of hydrogen-bond donors (Lipinski definition) is 2. The molecule has 0 aromatic rings. The number of nitrogens with zero attached hydrogens (tertiary/aromatic N) is 1. The van der Waals surface area contributed by atoms with Gasteiger partial charge >= 0.3 is 0 Å². The Bertz CT molecular complexity index is 308. The lowest BCUT2D eigenvalue weighted by Crippen LogP contribution is -2.48. The van der Waals surface area contributed by atoms with Crippen molar-refractivity contribution in [3.05, 3.63) is 0 Å². The van der Waals surface area contributed by atoms with E-state index in [-0.39, 0.29) is 16.9 Å². The maximum absolute atomic E-state index is 11.5. The smallest absolute Gasteiger partial charge is 0.222 e. The number of aliphatic hydroxyl groups is 1. The molecule has 0 spiro atoms. The zero-order valence-electron chi connectivity index (χ0n) is 13.1. The third-order valence-corrected chi connectivity index (χ3v) is 3.39. The summed E-state index contributed by atoms with van der Waals surface area (Å²) in [6.45, 7) is 12.8. The van der Waals surface area contributed by atoms with E-state index in [1.807, 2.05) is 0 Å². The molecule has 1 unspecified atom stereocenters. The molecular weight excluding hydrogens is 240 g/mol. The highest BCUT2D eigenvalue weighted by atomic mass is 16.3. The van der Waals surface area contributed by atoms with Crippen LogP contribution in [0.1, 0.15) is 53.9 Å². The maximum Gasteiger partial charge on any atom is 0.222 e. The van der Waals surface area contributed by atoms with Crippen molar-refractivity contribution in [1.82, 2.24) is 10.2 Å². The molecule has 1 heterocycles. The summed E-state index contributed by atoms with van der Waals surface area (Å²) in [5.41, 5.74) is 0.251. The number of amides is 1. The lowest BCUT2D eigenvalue weighted by atomic mass is 9.82. The van der Waals surface area contributed by atoms with Gasteiger partial charge in [-0.25, -0.2) is 0 Å². The van der Waals surface area contributed by atoms with E-state index in [4.69, 9.17) is 0 Å². The van der Waals surface area contributed by atoms with E-state index in [1.54, 1.807) is 4.90 Å². The second-order valence-corrected chi connectivity index (χ2v) is 7.60. The molecule has 1 amide bonds. The fourth-order valence-electron chi connectivity index (χ4n) is 3.00. The van der Waals surface area contributed by atoms with Crippen molar-refractivity contribution in [2.45, 2.75) is 65.5 Å². The maximum atomic E-state index is 11.5. The molecule has 19 heavy (non-hydrogen) atoms. The van der Waals surface area contributed by atoms with E-state index in [9.17, 15) is 9.90 Å². The summed E-state index contributed by atoms with van der Waals surface area (Å²) in [5, 5.41) is 13.4. The molecule has 112 valence electrons. The Balaban J connectivity index is 2.32. The Labute approximate surface area is 117 Å². The van der Waals surface area contributed by atoms with Crippen LogP contribution in [0.25, 0.3) is 0 Å². The number of rotatable bonds is 6.